The van der Waals surface area contributed by atoms with Crippen molar-refractivity contribution >= 4 is 41.5 Å². The van der Waals surface area contributed by atoms with Crippen molar-refractivity contribution in [1.82, 2.24) is 5.32 Å². The van der Waals surface area contributed by atoms with E-state index in [1.54, 1.807) is 24.5 Å². The number of hydrogen-bond donors (Lipinski definition) is 3. The highest BCUT2D eigenvalue weighted by Gasteiger charge is 2.07. The van der Waals surface area contributed by atoms with E-state index in [2.05, 4.69) is 15.6 Å². The number of anilines is 1. The second kappa shape index (κ2) is 12.4. The first kappa shape index (κ1) is 24.8. The van der Waals surface area contributed by atoms with Crippen LogP contribution in [-0.4, -0.2) is 11.9 Å². The van der Waals surface area contributed by atoms with Crippen LogP contribution in [0, 0.1) is 0 Å². The lowest BCUT2D eigenvalue weighted by atomic mass is 10.1. The summed E-state index contributed by atoms with van der Waals surface area (Å²) in [7, 11) is 0. The number of guanidine groups is 1. The van der Waals surface area contributed by atoms with E-state index in [0.717, 1.165) is 17.0 Å². The maximum atomic E-state index is 12.4. The third kappa shape index (κ3) is 7.38. The molecule has 0 saturated heterocycles. The van der Waals surface area contributed by atoms with Gasteiger partial charge in [0.25, 0.3) is 5.91 Å². The van der Waals surface area contributed by atoms with E-state index in [0.29, 0.717) is 30.2 Å². The molecule has 0 bridgehead atoms. The first-order valence-corrected chi connectivity index (χ1v) is 10.5. The van der Waals surface area contributed by atoms with Gasteiger partial charge in [-0.05, 0) is 54.1 Å². The summed E-state index contributed by atoms with van der Waals surface area (Å²) in [6.45, 7) is 0.663. The number of carbonyl (C=O) groups is 1. The number of nitrogens with zero attached hydrogens (tertiary/aromatic N) is 1. The maximum Gasteiger partial charge on any atom is 0.251 e. The van der Waals surface area contributed by atoms with E-state index in [1.165, 1.54) is 0 Å². The van der Waals surface area contributed by atoms with Crippen molar-refractivity contribution in [3.05, 3.63) is 114 Å². The zero-order chi connectivity index (χ0) is 22.9. The molecule has 34 heavy (non-hydrogen) atoms. The van der Waals surface area contributed by atoms with Gasteiger partial charge in [0.1, 0.15) is 17.3 Å². The summed E-state index contributed by atoms with van der Waals surface area (Å²) >= 11 is 0. The zero-order valence-corrected chi connectivity index (χ0v) is 20.6. The normalized spacial score (nSPS) is 10.8. The number of aliphatic imine (C=N–C) groups is 1. The topological polar surface area (TPSA) is 102 Å². The highest BCUT2D eigenvalue weighted by molar-refractivity contribution is 14.0. The molecule has 4 rings (SSSR count). The molecule has 7 nitrogen and oxygen atoms in total. The van der Waals surface area contributed by atoms with E-state index < -0.39 is 0 Å². The Bertz CT molecular complexity index is 1230. The molecule has 0 aliphatic heterocycles. The molecule has 0 fully saturated rings. The van der Waals surface area contributed by atoms with Gasteiger partial charge in [0.15, 0.2) is 5.96 Å². The lowest BCUT2D eigenvalue weighted by molar-refractivity contribution is 0.0948. The Morgan fingerprint density at radius 3 is 2.50 bits per heavy atom. The van der Waals surface area contributed by atoms with Gasteiger partial charge in [0, 0.05) is 17.3 Å². The van der Waals surface area contributed by atoms with E-state index in [1.807, 2.05) is 72.8 Å². The van der Waals surface area contributed by atoms with Crippen molar-refractivity contribution in [2.75, 3.05) is 5.32 Å². The van der Waals surface area contributed by atoms with Crippen LogP contribution in [0.25, 0.3) is 0 Å². The molecule has 4 aromatic rings. The number of hydrogen-bond acceptors (Lipinski definition) is 4. The Balaban J connectivity index is 0.00000324. The summed E-state index contributed by atoms with van der Waals surface area (Å²) in [5.41, 5.74) is 8.24. The monoisotopic (exact) mass is 568 g/mol. The predicted octanol–water partition coefficient (Wildman–Crippen LogP) is 5.55. The molecule has 174 valence electrons. The summed E-state index contributed by atoms with van der Waals surface area (Å²) in [5.74, 6) is 2.22. The highest BCUT2D eigenvalue weighted by atomic mass is 127. The van der Waals surface area contributed by atoms with Gasteiger partial charge in [0.05, 0.1) is 19.4 Å². The first-order valence-electron chi connectivity index (χ1n) is 10.5. The van der Waals surface area contributed by atoms with Crippen LogP contribution in [0.3, 0.4) is 0 Å². The second-order valence-corrected chi connectivity index (χ2v) is 7.23. The van der Waals surface area contributed by atoms with Crippen LogP contribution < -0.4 is 21.1 Å². The molecule has 0 spiro atoms. The third-order valence-electron chi connectivity index (χ3n) is 4.71. The molecule has 4 N–H and O–H groups in total. The number of para-hydroxylation sites is 1. The fraction of sp³-hybridized carbons (Fsp3) is 0.0769. The number of nitrogens with one attached hydrogen (secondary N) is 2. The predicted molar refractivity (Wildman–Crippen MR) is 144 cm³/mol. The summed E-state index contributed by atoms with van der Waals surface area (Å²) in [6, 6.07) is 27.9. The molecular weight excluding hydrogens is 543 g/mol. The van der Waals surface area contributed by atoms with Crippen LogP contribution in [0.5, 0.6) is 11.5 Å². The van der Waals surface area contributed by atoms with Crippen LogP contribution in [0.2, 0.25) is 0 Å². The van der Waals surface area contributed by atoms with Crippen molar-refractivity contribution < 1.29 is 13.9 Å². The number of carbonyl (C=O) groups excluding carboxylic acids is 1. The molecule has 1 amide bonds. The van der Waals surface area contributed by atoms with Gasteiger partial charge in [-0.1, -0.05) is 36.4 Å². The first-order chi connectivity index (χ1) is 16.2. The molecule has 1 heterocycles. The second-order valence-electron chi connectivity index (χ2n) is 7.23. The largest absolute Gasteiger partial charge is 0.467 e. The minimum atomic E-state index is -0.182. The van der Waals surface area contributed by atoms with Crippen LogP contribution in [0.15, 0.2) is 107 Å². The average molecular weight is 568 g/mol. The van der Waals surface area contributed by atoms with E-state index in [9.17, 15) is 4.79 Å². The SMILES string of the molecule is I.NC(=NCc1cccc(C(=O)NCc2ccco2)c1)Nc1cccc(Oc2ccccc2)c1. The van der Waals surface area contributed by atoms with Crippen molar-refractivity contribution in [1.29, 1.82) is 0 Å². The van der Waals surface area contributed by atoms with Crippen molar-refractivity contribution in [3.8, 4) is 11.5 Å². The van der Waals surface area contributed by atoms with Crippen molar-refractivity contribution in [3.63, 3.8) is 0 Å². The minimum Gasteiger partial charge on any atom is -0.467 e. The van der Waals surface area contributed by atoms with Gasteiger partial charge in [-0.15, -0.1) is 24.0 Å². The summed E-state index contributed by atoms with van der Waals surface area (Å²) in [4.78, 5) is 16.8. The maximum absolute atomic E-state index is 12.4. The molecule has 0 saturated carbocycles. The van der Waals surface area contributed by atoms with Gasteiger partial charge < -0.3 is 25.5 Å². The zero-order valence-electron chi connectivity index (χ0n) is 18.3. The fourth-order valence-corrected chi connectivity index (χ4v) is 3.12. The Hall–Kier alpha value is -3.79. The van der Waals surface area contributed by atoms with E-state index >= 15 is 0 Å². The minimum absolute atomic E-state index is 0. The van der Waals surface area contributed by atoms with Gasteiger partial charge in [-0.2, -0.15) is 0 Å². The number of halogens is 1. The smallest absolute Gasteiger partial charge is 0.251 e. The molecule has 0 aliphatic rings. The molecule has 0 radical (unpaired) electrons. The van der Waals surface area contributed by atoms with E-state index in [-0.39, 0.29) is 35.8 Å². The van der Waals surface area contributed by atoms with Crippen LogP contribution >= 0.6 is 24.0 Å². The average Bonchev–Trinajstić information content (AvgIpc) is 3.36. The summed E-state index contributed by atoms with van der Waals surface area (Å²) in [6.07, 6.45) is 1.57. The fourth-order valence-electron chi connectivity index (χ4n) is 3.12. The lowest BCUT2D eigenvalue weighted by Gasteiger charge is -2.09. The number of amides is 1. The number of ether oxygens (including phenoxy) is 1. The summed E-state index contributed by atoms with van der Waals surface area (Å²) < 4.78 is 11.1. The Kier molecular flexibility index (Phi) is 9.10. The standard InChI is InChI=1S/C26H24N4O3.HI/c27-26(30-21-9-5-12-23(16-21)33-22-10-2-1-3-11-22)29-17-19-7-4-8-20(15-19)25(31)28-18-24-13-6-14-32-24;/h1-16H,17-18H2,(H,28,31)(H3,27,29,30);1H. The van der Waals surface area contributed by atoms with Gasteiger partial charge in [0.2, 0.25) is 0 Å². The van der Waals surface area contributed by atoms with Gasteiger partial charge in [-0.3, -0.25) is 4.79 Å². The number of furan rings is 1. The van der Waals surface area contributed by atoms with Crippen LogP contribution in [-0.2, 0) is 13.1 Å². The molecule has 8 heteroatoms. The Morgan fingerprint density at radius 2 is 1.71 bits per heavy atom. The molecule has 3 aromatic carbocycles. The van der Waals surface area contributed by atoms with Crippen molar-refractivity contribution in [2.24, 2.45) is 10.7 Å². The number of rotatable bonds is 8. The molecular formula is C26H25IN4O3. The van der Waals surface area contributed by atoms with Gasteiger partial charge >= 0.3 is 0 Å². The van der Waals surface area contributed by atoms with Gasteiger partial charge in [-0.25, -0.2) is 4.99 Å². The van der Waals surface area contributed by atoms with Crippen LogP contribution in [0.4, 0.5) is 5.69 Å². The highest BCUT2D eigenvalue weighted by Crippen LogP contribution is 2.23. The molecule has 1 aromatic heterocycles. The lowest BCUT2D eigenvalue weighted by Crippen LogP contribution is -2.23. The van der Waals surface area contributed by atoms with Crippen molar-refractivity contribution in [2.45, 2.75) is 13.1 Å². The summed E-state index contributed by atoms with van der Waals surface area (Å²) in [5, 5.41) is 5.90. The van der Waals surface area contributed by atoms with E-state index in [4.69, 9.17) is 14.9 Å². The Morgan fingerprint density at radius 1 is 0.912 bits per heavy atom. The number of nitrogens with two attached hydrogens (primary N) is 1. The quantitative estimate of drug-likeness (QED) is 0.147. The third-order valence-corrected chi connectivity index (χ3v) is 4.71. The molecule has 0 aliphatic carbocycles. The molecule has 0 atom stereocenters. The van der Waals surface area contributed by atoms with Crippen LogP contribution in [0.1, 0.15) is 21.7 Å². The number of benzene rings is 3. The molecule has 0 unspecified atom stereocenters. The Labute approximate surface area is 215 Å².